The van der Waals surface area contributed by atoms with E-state index in [1.54, 1.807) is 4.31 Å². The van der Waals surface area contributed by atoms with Gasteiger partial charge in [-0.05, 0) is 12.5 Å². The largest absolute Gasteiger partial charge is 0.379 e. The first-order valence-corrected chi connectivity index (χ1v) is 9.00. The van der Waals surface area contributed by atoms with Crippen molar-refractivity contribution in [3.8, 4) is 0 Å². The highest BCUT2D eigenvalue weighted by atomic mass is 32.2. The fourth-order valence-corrected chi connectivity index (χ4v) is 4.55. The van der Waals surface area contributed by atoms with Crippen molar-refractivity contribution in [1.82, 2.24) is 8.61 Å². The summed E-state index contributed by atoms with van der Waals surface area (Å²) in [5.41, 5.74) is 1.01. The average molecular weight is 326 g/mol. The molecule has 0 saturated carbocycles. The molecule has 6 nitrogen and oxygen atoms in total. The van der Waals surface area contributed by atoms with Crippen LogP contribution in [0.3, 0.4) is 0 Å². The maximum atomic E-state index is 12.8. The van der Waals surface area contributed by atoms with Crippen LogP contribution < -0.4 is 0 Å². The molecule has 0 aromatic heterocycles. The Labute approximate surface area is 131 Å². The van der Waals surface area contributed by atoms with Crippen LogP contribution in [0.25, 0.3) is 0 Å². The summed E-state index contributed by atoms with van der Waals surface area (Å²) >= 11 is 0. The summed E-state index contributed by atoms with van der Waals surface area (Å²) in [6.07, 6.45) is -0.351. The van der Waals surface area contributed by atoms with E-state index in [1.165, 1.54) is 4.31 Å². The first kappa shape index (κ1) is 15.9. The molecule has 2 heterocycles. The molecule has 0 N–H and O–H groups in total. The molecule has 0 unspecified atom stereocenters. The normalized spacial score (nSPS) is 28.6. The minimum atomic E-state index is -3.45. The van der Waals surface area contributed by atoms with Gasteiger partial charge in [0.1, 0.15) is 0 Å². The van der Waals surface area contributed by atoms with Gasteiger partial charge >= 0.3 is 0 Å². The third kappa shape index (κ3) is 3.33. The van der Waals surface area contributed by atoms with Gasteiger partial charge in [-0.2, -0.15) is 17.0 Å². The Hall–Kier alpha value is -0.990. The van der Waals surface area contributed by atoms with Crippen LogP contribution in [-0.4, -0.2) is 62.5 Å². The molecule has 7 heteroatoms. The molecule has 0 bridgehead atoms. The van der Waals surface area contributed by atoms with E-state index < -0.39 is 10.2 Å². The predicted octanol–water partition coefficient (Wildman–Crippen LogP) is 1.03. The molecule has 3 rings (SSSR count). The minimum Gasteiger partial charge on any atom is -0.379 e. The number of benzene rings is 1. The number of morpholine rings is 2. The third-order valence-electron chi connectivity index (χ3n) is 4.02. The quantitative estimate of drug-likeness (QED) is 0.832. The van der Waals surface area contributed by atoms with Crippen molar-refractivity contribution >= 4 is 10.2 Å². The van der Waals surface area contributed by atoms with Gasteiger partial charge in [0.15, 0.2) is 0 Å². The van der Waals surface area contributed by atoms with Crippen LogP contribution in [0.1, 0.15) is 18.6 Å². The van der Waals surface area contributed by atoms with E-state index in [9.17, 15) is 8.42 Å². The Bertz CT molecular complexity index is 587. The molecule has 0 amide bonds. The van der Waals surface area contributed by atoms with Gasteiger partial charge in [-0.3, -0.25) is 0 Å². The van der Waals surface area contributed by atoms with Crippen LogP contribution >= 0.6 is 0 Å². The van der Waals surface area contributed by atoms with Crippen LogP contribution in [0.2, 0.25) is 0 Å². The molecule has 22 heavy (non-hydrogen) atoms. The van der Waals surface area contributed by atoms with Gasteiger partial charge in [0.2, 0.25) is 0 Å². The number of hydrogen-bond donors (Lipinski definition) is 0. The third-order valence-corrected chi connectivity index (χ3v) is 5.99. The molecule has 2 saturated heterocycles. The van der Waals surface area contributed by atoms with Gasteiger partial charge in [0.05, 0.1) is 25.4 Å². The lowest BCUT2D eigenvalue weighted by molar-refractivity contribution is -0.0577. The van der Waals surface area contributed by atoms with E-state index in [1.807, 2.05) is 37.3 Å². The molecule has 0 spiro atoms. The van der Waals surface area contributed by atoms with Crippen molar-refractivity contribution < 1.29 is 17.9 Å². The topological polar surface area (TPSA) is 59.1 Å². The second kappa shape index (κ2) is 6.64. The number of nitrogens with zero attached hydrogens (tertiary/aromatic N) is 2. The van der Waals surface area contributed by atoms with Crippen molar-refractivity contribution in [2.45, 2.75) is 19.1 Å². The number of hydrogen-bond acceptors (Lipinski definition) is 4. The van der Waals surface area contributed by atoms with Crippen LogP contribution in [-0.2, 0) is 19.7 Å². The highest BCUT2D eigenvalue weighted by Crippen LogP contribution is 2.27. The Morgan fingerprint density at radius 2 is 1.73 bits per heavy atom. The Morgan fingerprint density at radius 1 is 1.05 bits per heavy atom. The molecule has 1 aromatic carbocycles. The molecular weight excluding hydrogens is 304 g/mol. The van der Waals surface area contributed by atoms with E-state index in [2.05, 4.69) is 0 Å². The van der Waals surface area contributed by atoms with Gasteiger partial charge in [-0.25, -0.2) is 0 Å². The summed E-state index contributed by atoms with van der Waals surface area (Å²) in [5.74, 6) is 0. The van der Waals surface area contributed by atoms with Gasteiger partial charge < -0.3 is 9.47 Å². The van der Waals surface area contributed by atoms with E-state index in [-0.39, 0.29) is 12.2 Å². The lowest BCUT2D eigenvalue weighted by Crippen LogP contribution is -2.53. The van der Waals surface area contributed by atoms with Gasteiger partial charge in [0.25, 0.3) is 10.2 Å². The average Bonchev–Trinajstić information content (AvgIpc) is 2.56. The molecule has 2 atom stereocenters. The van der Waals surface area contributed by atoms with Gasteiger partial charge in [-0.1, -0.05) is 30.3 Å². The lowest BCUT2D eigenvalue weighted by Gasteiger charge is -2.39. The highest BCUT2D eigenvalue weighted by molar-refractivity contribution is 7.86. The zero-order valence-corrected chi connectivity index (χ0v) is 13.5. The second-order valence-corrected chi connectivity index (χ2v) is 7.61. The summed E-state index contributed by atoms with van der Waals surface area (Å²) in [6, 6.07) is 9.78. The van der Waals surface area contributed by atoms with Crippen molar-refractivity contribution in [3.05, 3.63) is 35.9 Å². The molecule has 2 aliphatic rings. The SMILES string of the molecule is C[C@H]1CN(S(=O)(=O)N2CCOCC2)C[C@@H](c2ccccc2)O1. The molecule has 2 aliphatic heterocycles. The fourth-order valence-electron chi connectivity index (χ4n) is 2.89. The Kier molecular flexibility index (Phi) is 4.79. The van der Waals surface area contributed by atoms with Gasteiger partial charge in [0, 0.05) is 26.2 Å². The smallest absolute Gasteiger partial charge is 0.282 e. The summed E-state index contributed by atoms with van der Waals surface area (Å²) < 4.78 is 39.8. The van der Waals surface area contributed by atoms with Crippen molar-refractivity contribution in [3.63, 3.8) is 0 Å². The minimum absolute atomic E-state index is 0.130. The second-order valence-electron chi connectivity index (χ2n) is 5.68. The zero-order valence-electron chi connectivity index (χ0n) is 12.7. The maximum Gasteiger partial charge on any atom is 0.282 e. The number of ether oxygens (including phenoxy) is 2. The summed E-state index contributed by atoms with van der Waals surface area (Å²) in [4.78, 5) is 0. The molecule has 122 valence electrons. The van der Waals surface area contributed by atoms with E-state index in [4.69, 9.17) is 9.47 Å². The van der Waals surface area contributed by atoms with Crippen molar-refractivity contribution in [2.75, 3.05) is 39.4 Å². The molecule has 0 aliphatic carbocycles. The van der Waals surface area contributed by atoms with Crippen LogP contribution in [0.15, 0.2) is 30.3 Å². The Morgan fingerprint density at radius 3 is 2.41 bits per heavy atom. The van der Waals surface area contributed by atoms with E-state index in [0.717, 1.165) is 5.56 Å². The first-order chi connectivity index (χ1) is 10.6. The maximum absolute atomic E-state index is 12.8. The van der Waals surface area contributed by atoms with Crippen LogP contribution in [0.5, 0.6) is 0 Å². The molecule has 0 radical (unpaired) electrons. The standard InChI is InChI=1S/C15H22N2O4S/c1-13-11-17(22(18,19)16-7-9-20-10-8-16)12-15(21-13)14-5-3-2-4-6-14/h2-6,13,15H,7-12H2,1H3/t13-,15-/m0/s1. The monoisotopic (exact) mass is 326 g/mol. The fraction of sp³-hybridized carbons (Fsp3) is 0.600. The molecule has 2 fully saturated rings. The summed E-state index contributed by atoms with van der Waals surface area (Å²) in [6.45, 7) is 4.42. The van der Waals surface area contributed by atoms with Gasteiger partial charge in [-0.15, -0.1) is 0 Å². The predicted molar refractivity (Wildman–Crippen MR) is 82.6 cm³/mol. The molecular formula is C15H22N2O4S. The summed E-state index contributed by atoms with van der Waals surface area (Å²) in [7, 11) is -3.45. The molecule has 1 aromatic rings. The van der Waals surface area contributed by atoms with E-state index in [0.29, 0.717) is 39.4 Å². The van der Waals surface area contributed by atoms with Crippen LogP contribution in [0, 0.1) is 0 Å². The van der Waals surface area contributed by atoms with Crippen LogP contribution in [0.4, 0.5) is 0 Å². The highest BCUT2D eigenvalue weighted by Gasteiger charge is 2.37. The number of rotatable bonds is 3. The summed E-state index contributed by atoms with van der Waals surface area (Å²) in [5, 5.41) is 0. The Balaban J connectivity index is 1.78. The lowest BCUT2D eigenvalue weighted by atomic mass is 10.1. The first-order valence-electron chi connectivity index (χ1n) is 7.61. The van der Waals surface area contributed by atoms with Crippen molar-refractivity contribution in [1.29, 1.82) is 0 Å². The van der Waals surface area contributed by atoms with E-state index >= 15 is 0 Å². The van der Waals surface area contributed by atoms with Crippen molar-refractivity contribution in [2.24, 2.45) is 0 Å². The zero-order chi connectivity index (χ0) is 15.6.